The summed E-state index contributed by atoms with van der Waals surface area (Å²) in [5, 5.41) is 3.16. The average molecular weight is 357 g/mol. The van der Waals surface area contributed by atoms with E-state index in [4.69, 9.17) is 16.3 Å². The maximum absolute atomic E-state index is 12.2. The van der Waals surface area contributed by atoms with E-state index in [9.17, 15) is 4.79 Å². The highest BCUT2D eigenvalue weighted by Gasteiger charge is 2.24. The van der Waals surface area contributed by atoms with Crippen molar-refractivity contribution >= 4 is 28.8 Å². The zero-order valence-corrected chi connectivity index (χ0v) is 15.0. The van der Waals surface area contributed by atoms with E-state index >= 15 is 0 Å². The van der Waals surface area contributed by atoms with Gasteiger partial charge in [0.2, 0.25) is 5.91 Å². The van der Waals surface area contributed by atoms with Crippen molar-refractivity contribution in [3.63, 3.8) is 0 Å². The first-order chi connectivity index (χ1) is 11.2. The fourth-order valence-corrected chi connectivity index (χ4v) is 4.48. The van der Waals surface area contributed by atoms with Crippen LogP contribution in [0.25, 0.3) is 0 Å². The molecule has 2 fully saturated rings. The number of nitrogens with zero attached hydrogens (tertiary/aromatic N) is 1. The molecule has 0 spiro atoms. The highest BCUT2D eigenvalue weighted by molar-refractivity contribution is 7.16. The predicted molar refractivity (Wildman–Crippen MR) is 93.9 cm³/mol. The minimum Gasteiger partial charge on any atom is -0.381 e. The minimum absolute atomic E-state index is 0.160. The van der Waals surface area contributed by atoms with Gasteiger partial charge in [-0.2, -0.15) is 0 Å². The Hall–Kier alpha value is -0.620. The number of amides is 1. The molecule has 4 nitrogen and oxygen atoms in total. The topological polar surface area (TPSA) is 41.6 Å². The molecule has 0 aliphatic carbocycles. The summed E-state index contributed by atoms with van der Waals surface area (Å²) in [6.45, 7) is 5.49. The molecule has 1 amide bonds. The molecule has 2 aliphatic heterocycles. The maximum Gasteiger partial charge on any atom is 0.223 e. The Labute approximate surface area is 147 Å². The van der Waals surface area contributed by atoms with E-state index in [1.807, 2.05) is 6.07 Å². The molecule has 23 heavy (non-hydrogen) atoms. The molecule has 6 heteroatoms. The molecule has 3 rings (SSSR count). The average Bonchev–Trinajstić information content (AvgIpc) is 2.99. The zero-order valence-electron chi connectivity index (χ0n) is 13.4. The van der Waals surface area contributed by atoms with Gasteiger partial charge in [0.05, 0.1) is 4.34 Å². The molecule has 0 atom stereocenters. The van der Waals surface area contributed by atoms with Crippen molar-refractivity contribution < 1.29 is 9.53 Å². The third-order valence-electron chi connectivity index (χ3n) is 4.87. The Balaban J connectivity index is 1.35. The number of ether oxygens (including phenoxy) is 1. The van der Waals surface area contributed by atoms with E-state index in [-0.39, 0.29) is 11.8 Å². The van der Waals surface area contributed by atoms with Crippen molar-refractivity contribution in [3.05, 3.63) is 21.3 Å². The molecular weight excluding hydrogens is 332 g/mol. The van der Waals surface area contributed by atoms with Gasteiger partial charge in [0.15, 0.2) is 0 Å². The van der Waals surface area contributed by atoms with Crippen molar-refractivity contribution in [2.75, 3.05) is 32.8 Å². The van der Waals surface area contributed by atoms with Gasteiger partial charge < -0.3 is 10.1 Å². The molecule has 0 saturated carbocycles. The first kappa shape index (κ1) is 17.2. The van der Waals surface area contributed by atoms with Crippen molar-refractivity contribution in [2.24, 2.45) is 11.8 Å². The Kier molecular flexibility index (Phi) is 6.34. The number of thiophene rings is 1. The molecule has 1 aromatic heterocycles. The summed E-state index contributed by atoms with van der Waals surface area (Å²) < 4.78 is 6.18. The van der Waals surface area contributed by atoms with E-state index in [1.54, 1.807) is 11.3 Å². The van der Waals surface area contributed by atoms with Crippen molar-refractivity contribution in [2.45, 2.75) is 32.2 Å². The highest BCUT2D eigenvalue weighted by atomic mass is 35.5. The van der Waals surface area contributed by atoms with Crippen LogP contribution in [0.3, 0.4) is 0 Å². The van der Waals surface area contributed by atoms with Crippen LogP contribution in [0.5, 0.6) is 0 Å². The van der Waals surface area contributed by atoms with Crippen LogP contribution in [0, 0.1) is 11.8 Å². The Morgan fingerprint density at radius 2 is 2.00 bits per heavy atom. The Bertz CT molecular complexity index is 508. The smallest absolute Gasteiger partial charge is 0.223 e. The van der Waals surface area contributed by atoms with Gasteiger partial charge >= 0.3 is 0 Å². The quantitative estimate of drug-likeness (QED) is 0.881. The molecule has 128 valence electrons. The Morgan fingerprint density at radius 1 is 1.26 bits per heavy atom. The molecule has 0 radical (unpaired) electrons. The lowest BCUT2D eigenvalue weighted by Crippen LogP contribution is -2.40. The largest absolute Gasteiger partial charge is 0.381 e. The molecular formula is C17H25ClN2O2S. The summed E-state index contributed by atoms with van der Waals surface area (Å²) in [5.74, 6) is 0.998. The monoisotopic (exact) mass is 356 g/mol. The number of hydrogen-bond donors (Lipinski definition) is 1. The van der Waals surface area contributed by atoms with Gasteiger partial charge in [-0.05, 0) is 56.8 Å². The molecule has 3 heterocycles. The second kappa shape index (κ2) is 8.47. The van der Waals surface area contributed by atoms with E-state index < -0.39 is 0 Å². The summed E-state index contributed by atoms with van der Waals surface area (Å²) in [6.07, 6.45) is 4.06. The summed E-state index contributed by atoms with van der Waals surface area (Å²) in [6, 6.07) is 4.09. The van der Waals surface area contributed by atoms with Crippen LogP contribution in [-0.4, -0.2) is 43.7 Å². The minimum atomic E-state index is 0.160. The fourth-order valence-electron chi connectivity index (χ4n) is 3.35. The van der Waals surface area contributed by atoms with Gasteiger partial charge in [-0.1, -0.05) is 11.6 Å². The number of hydrogen-bond acceptors (Lipinski definition) is 4. The van der Waals surface area contributed by atoms with Gasteiger partial charge in [0.1, 0.15) is 0 Å². The van der Waals surface area contributed by atoms with Crippen molar-refractivity contribution in [3.8, 4) is 0 Å². The van der Waals surface area contributed by atoms with Crippen LogP contribution in [0.15, 0.2) is 12.1 Å². The highest BCUT2D eigenvalue weighted by Crippen LogP contribution is 2.25. The third kappa shape index (κ3) is 5.18. The zero-order chi connectivity index (χ0) is 16.1. The number of rotatable bonds is 5. The summed E-state index contributed by atoms with van der Waals surface area (Å²) >= 11 is 7.66. The first-order valence-corrected chi connectivity index (χ1v) is 9.72. The summed E-state index contributed by atoms with van der Waals surface area (Å²) in [5.41, 5.74) is 0. The van der Waals surface area contributed by atoms with Gasteiger partial charge in [-0.3, -0.25) is 9.69 Å². The number of likely N-dealkylation sites (tertiary alicyclic amines) is 1. The van der Waals surface area contributed by atoms with Crippen LogP contribution in [0.4, 0.5) is 0 Å². The lowest BCUT2D eigenvalue weighted by molar-refractivity contribution is -0.128. The lowest BCUT2D eigenvalue weighted by Gasteiger charge is -2.32. The van der Waals surface area contributed by atoms with Crippen LogP contribution in [-0.2, 0) is 16.1 Å². The molecule has 1 N–H and O–H groups in total. The van der Waals surface area contributed by atoms with Crippen LogP contribution >= 0.6 is 22.9 Å². The number of halogens is 1. The normalized spacial score (nSPS) is 21.4. The van der Waals surface area contributed by atoms with E-state index in [0.29, 0.717) is 5.92 Å². The fraction of sp³-hybridized carbons (Fsp3) is 0.706. The number of carbonyl (C=O) groups is 1. The lowest BCUT2D eigenvalue weighted by atomic mass is 9.95. The summed E-state index contributed by atoms with van der Waals surface area (Å²) in [7, 11) is 0. The second-order valence-corrected chi connectivity index (χ2v) is 8.36. The molecule has 2 saturated heterocycles. The second-order valence-electron chi connectivity index (χ2n) is 6.56. The number of nitrogens with one attached hydrogen (secondary N) is 1. The number of carbonyl (C=O) groups excluding carboxylic acids is 1. The first-order valence-electron chi connectivity index (χ1n) is 8.53. The molecule has 1 aromatic rings. The molecule has 0 unspecified atom stereocenters. The van der Waals surface area contributed by atoms with Crippen LogP contribution in [0.1, 0.15) is 30.6 Å². The molecule has 0 bridgehead atoms. The van der Waals surface area contributed by atoms with Gasteiger partial charge in [-0.15, -0.1) is 11.3 Å². The summed E-state index contributed by atoms with van der Waals surface area (Å²) in [4.78, 5) is 16.0. The van der Waals surface area contributed by atoms with Crippen molar-refractivity contribution in [1.29, 1.82) is 0 Å². The van der Waals surface area contributed by atoms with E-state index in [0.717, 1.165) is 69.4 Å². The maximum atomic E-state index is 12.2. The standard InChI is InChI=1S/C17H25ClN2O2S/c18-16-2-1-15(23-16)12-20-7-3-13(4-8-20)11-19-17(21)14-5-9-22-10-6-14/h1-2,13-14H,3-12H2,(H,19,21). The SMILES string of the molecule is O=C(NCC1CCN(Cc2ccc(Cl)s2)CC1)C1CCOCC1. The number of piperidine rings is 1. The van der Waals surface area contributed by atoms with Gasteiger partial charge in [-0.25, -0.2) is 0 Å². The van der Waals surface area contributed by atoms with E-state index in [2.05, 4.69) is 16.3 Å². The van der Waals surface area contributed by atoms with Gasteiger partial charge in [0.25, 0.3) is 0 Å². The van der Waals surface area contributed by atoms with Crippen LogP contribution in [0.2, 0.25) is 4.34 Å². The predicted octanol–water partition coefficient (Wildman–Crippen LogP) is 3.16. The molecule has 2 aliphatic rings. The van der Waals surface area contributed by atoms with Crippen molar-refractivity contribution in [1.82, 2.24) is 10.2 Å². The van der Waals surface area contributed by atoms with E-state index in [1.165, 1.54) is 4.88 Å². The molecule has 0 aromatic carbocycles. The third-order valence-corrected chi connectivity index (χ3v) is 6.09. The van der Waals surface area contributed by atoms with Gasteiger partial charge in [0, 0.05) is 37.1 Å². The van der Waals surface area contributed by atoms with Crippen LogP contribution < -0.4 is 5.32 Å². The Morgan fingerprint density at radius 3 is 2.65 bits per heavy atom.